The predicted octanol–water partition coefficient (Wildman–Crippen LogP) is 4.69. The second kappa shape index (κ2) is 10.1. The maximum atomic E-state index is 13.0. The van der Waals surface area contributed by atoms with Gasteiger partial charge >= 0.3 is 6.18 Å². The third-order valence-corrected chi connectivity index (χ3v) is 5.98. The summed E-state index contributed by atoms with van der Waals surface area (Å²) in [6.45, 7) is 1.70. The molecule has 12 heteroatoms. The molecule has 3 heterocycles. The fourth-order valence-electron chi connectivity index (χ4n) is 4.28. The molecule has 1 amide bonds. The van der Waals surface area contributed by atoms with Crippen LogP contribution in [-0.4, -0.2) is 38.7 Å². The van der Waals surface area contributed by atoms with Crippen LogP contribution in [0, 0.1) is 0 Å². The van der Waals surface area contributed by atoms with E-state index in [1.54, 1.807) is 24.3 Å². The SMILES string of the molecule is Cl.Nc1ncnc2c1c(-c1cccc(C(=O)Nc3cccc(C(F)(F)F)c3)c1)nn2[C@@H]1CCCNC1. The fraction of sp³-hybridized carbons (Fsp3) is 0.250. The first-order valence-corrected chi connectivity index (χ1v) is 11.1. The Morgan fingerprint density at radius 3 is 2.69 bits per heavy atom. The number of nitrogens with zero attached hydrogens (tertiary/aromatic N) is 4. The molecule has 8 nitrogen and oxygen atoms in total. The van der Waals surface area contributed by atoms with E-state index in [1.807, 2.05) is 4.68 Å². The van der Waals surface area contributed by atoms with Gasteiger partial charge < -0.3 is 16.4 Å². The number of halogens is 4. The van der Waals surface area contributed by atoms with E-state index < -0.39 is 17.6 Å². The van der Waals surface area contributed by atoms with Gasteiger partial charge in [0.1, 0.15) is 17.8 Å². The first-order valence-electron chi connectivity index (χ1n) is 11.1. The lowest BCUT2D eigenvalue weighted by molar-refractivity contribution is -0.137. The van der Waals surface area contributed by atoms with Gasteiger partial charge in [-0.2, -0.15) is 18.3 Å². The highest BCUT2D eigenvalue weighted by Gasteiger charge is 2.30. The van der Waals surface area contributed by atoms with Crippen LogP contribution in [0.5, 0.6) is 0 Å². The Balaban J connectivity index is 0.00000304. The Bertz CT molecular complexity index is 1400. The standard InChI is InChI=1S/C24H22F3N7O.ClH/c25-24(26,27)16-6-2-7-17(11-16)32-23(35)15-5-1-4-14(10-15)20-19-21(28)30-13-31-22(19)34(33-20)18-8-3-9-29-12-18;/h1-2,4-7,10-11,13,18,29H,3,8-9,12H2,(H,32,35)(H2,28,30,31);1H/t18-;/m1./s1. The van der Waals surface area contributed by atoms with Gasteiger partial charge in [-0.05, 0) is 49.7 Å². The number of alkyl halides is 3. The summed E-state index contributed by atoms with van der Waals surface area (Å²) in [5.41, 5.74) is 7.44. The van der Waals surface area contributed by atoms with Crippen molar-refractivity contribution in [2.24, 2.45) is 0 Å². The molecule has 1 aliphatic rings. The van der Waals surface area contributed by atoms with Crippen molar-refractivity contribution in [2.45, 2.75) is 25.1 Å². The Morgan fingerprint density at radius 1 is 1.14 bits per heavy atom. The maximum Gasteiger partial charge on any atom is 0.416 e. The van der Waals surface area contributed by atoms with Crippen LogP contribution in [0.1, 0.15) is 34.8 Å². The molecule has 1 atom stereocenters. The fourth-order valence-corrected chi connectivity index (χ4v) is 4.28. The average Bonchev–Trinajstić information content (AvgIpc) is 3.25. The van der Waals surface area contributed by atoms with Crippen molar-refractivity contribution in [3.8, 4) is 11.3 Å². The van der Waals surface area contributed by atoms with Crippen LogP contribution in [0.15, 0.2) is 54.9 Å². The van der Waals surface area contributed by atoms with E-state index in [4.69, 9.17) is 10.8 Å². The van der Waals surface area contributed by atoms with Crippen molar-refractivity contribution in [1.29, 1.82) is 0 Å². The minimum absolute atomic E-state index is 0. The van der Waals surface area contributed by atoms with E-state index in [-0.39, 0.29) is 35.5 Å². The van der Waals surface area contributed by atoms with Crippen LogP contribution in [0.4, 0.5) is 24.7 Å². The van der Waals surface area contributed by atoms with Gasteiger partial charge in [0.25, 0.3) is 5.91 Å². The molecular weight excluding hydrogens is 495 g/mol. The number of nitrogens with one attached hydrogen (secondary N) is 2. The van der Waals surface area contributed by atoms with Crippen molar-refractivity contribution >= 4 is 40.9 Å². The van der Waals surface area contributed by atoms with Gasteiger partial charge in [-0.25, -0.2) is 14.6 Å². The van der Waals surface area contributed by atoms with E-state index in [2.05, 4.69) is 20.6 Å². The average molecular weight is 518 g/mol. The predicted molar refractivity (Wildman–Crippen MR) is 133 cm³/mol. The molecule has 36 heavy (non-hydrogen) atoms. The van der Waals surface area contributed by atoms with Crippen LogP contribution in [-0.2, 0) is 6.18 Å². The van der Waals surface area contributed by atoms with Crippen molar-refractivity contribution in [2.75, 3.05) is 24.1 Å². The second-order valence-electron chi connectivity index (χ2n) is 8.36. The van der Waals surface area contributed by atoms with Gasteiger partial charge in [0, 0.05) is 23.4 Å². The molecule has 5 rings (SSSR count). The molecule has 0 spiro atoms. The zero-order valence-electron chi connectivity index (χ0n) is 18.9. The molecule has 1 saturated heterocycles. The summed E-state index contributed by atoms with van der Waals surface area (Å²) in [7, 11) is 0. The molecule has 4 N–H and O–H groups in total. The summed E-state index contributed by atoms with van der Waals surface area (Å²) < 4.78 is 40.9. The molecule has 2 aromatic heterocycles. The van der Waals surface area contributed by atoms with E-state index in [9.17, 15) is 18.0 Å². The Morgan fingerprint density at radius 2 is 1.94 bits per heavy atom. The van der Waals surface area contributed by atoms with Crippen LogP contribution < -0.4 is 16.4 Å². The van der Waals surface area contributed by atoms with E-state index in [1.165, 1.54) is 18.5 Å². The van der Waals surface area contributed by atoms with E-state index in [0.29, 0.717) is 22.3 Å². The molecule has 2 aromatic carbocycles. The zero-order chi connectivity index (χ0) is 24.6. The summed E-state index contributed by atoms with van der Waals surface area (Å²) >= 11 is 0. The third kappa shape index (κ3) is 4.98. The van der Waals surface area contributed by atoms with E-state index >= 15 is 0 Å². The summed E-state index contributed by atoms with van der Waals surface area (Å²) in [4.78, 5) is 21.4. The Hall–Kier alpha value is -3.70. The number of fused-ring (bicyclic) bond motifs is 1. The molecule has 4 aromatic rings. The maximum absolute atomic E-state index is 13.0. The third-order valence-electron chi connectivity index (χ3n) is 5.98. The summed E-state index contributed by atoms with van der Waals surface area (Å²) in [6.07, 6.45) is -1.16. The first-order chi connectivity index (χ1) is 16.8. The highest BCUT2D eigenvalue weighted by Crippen LogP contribution is 2.34. The first kappa shape index (κ1) is 25.4. The quantitative estimate of drug-likeness (QED) is 0.362. The monoisotopic (exact) mass is 517 g/mol. The number of carbonyl (C=O) groups is 1. The number of amides is 1. The van der Waals surface area contributed by atoms with Crippen molar-refractivity contribution < 1.29 is 18.0 Å². The van der Waals surface area contributed by atoms with Crippen LogP contribution in [0.3, 0.4) is 0 Å². The molecule has 0 unspecified atom stereocenters. The lowest BCUT2D eigenvalue weighted by atomic mass is 10.1. The van der Waals surface area contributed by atoms with Gasteiger partial charge in [-0.3, -0.25) is 4.79 Å². The van der Waals surface area contributed by atoms with Crippen molar-refractivity contribution in [1.82, 2.24) is 25.1 Å². The highest BCUT2D eigenvalue weighted by molar-refractivity contribution is 6.06. The Kier molecular flexibility index (Phi) is 7.14. The molecule has 0 bridgehead atoms. The number of benzene rings is 2. The van der Waals surface area contributed by atoms with Crippen molar-refractivity contribution in [3.05, 3.63) is 66.0 Å². The Labute approximate surface area is 210 Å². The molecule has 0 radical (unpaired) electrons. The minimum Gasteiger partial charge on any atom is -0.383 e. The van der Waals surface area contributed by atoms with Gasteiger partial charge in [0.05, 0.1) is 17.0 Å². The largest absolute Gasteiger partial charge is 0.416 e. The lowest BCUT2D eigenvalue weighted by Crippen LogP contribution is -2.32. The van der Waals surface area contributed by atoms with Gasteiger partial charge in [-0.1, -0.05) is 18.2 Å². The van der Waals surface area contributed by atoms with Gasteiger partial charge in [0.15, 0.2) is 5.65 Å². The van der Waals surface area contributed by atoms with Gasteiger partial charge in [-0.15, -0.1) is 12.4 Å². The summed E-state index contributed by atoms with van der Waals surface area (Å²) in [5, 5.41) is 11.3. The number of aromatic nitrogens is 4. The van der Waals surface area contributed by atoms with Crippen LogP contribution in [0.2, 0.25) is 0 Å². The highest BCUT2D eigenvalue weighted by atomic mass is 35.5. The molecule has 1 aliphatic heterocycles. The zero-order valence-corrected chi connectivity index (χ0v) is 19.7. The summed E-state index contributed by atoms with van der Waals surface area (Å²) in [6, 6.07) is 11.3. The van der Waals surface area contributed by atoms with Crippen LogP contribution in [0.25, 0.3) is 22.3 Å². The number of anilines is 2. The topological polar surface area (TPSA) is 111 Å². The number of nitrogen functional groups attached to an aromatic ring is 1. The molecule has 0 saturated carbocycles. The number of rotatable bonds is 4. The number of hydrogen-bond donors (Lipinski definition) is 3. The number of piperidine rings is 1. The van der Waals surface area contributed by atoms with Crippen molar-refractivity contribution in [3.63, 3.8) is 0 Å². The van der Waals surface area contributed by atoms with Gasteiger partial charge in [0.2, 0.25) is 0 Å². The molecule has 1 fully saturated rings. The molecule has 188 valence electrons. The molecular formula is C24H23ClF3N7O. The minimum atomic E-state index is -4.50. The second-order valence-corrected chi connectivity index (χ2v) is 8.36. The number of hydrogen-bond acceptors (Lipinski definition) is 6. The molecule has 0 aliphatic carbocycles. The van der Waals surface area contributed by atoms with Crippen LogP contribution >= 0.6 is 12.4 Å². The summed E-state index contributed by atoms with van der Waals surface area (Å²) in [5.74, 6) is -0.269. The van der Waals surface area contributed by atoms with E-state index in [0.717, 1.165) is 38.1 Å². The lowest BCUT2D eigenvalue weighted by Gasteiger charge is -2.23. The number of nitrogens with two attached hydrogens (primary N) is 1. The normalized spacial score (nSPS) is 15.9. The number of carbonyl (C=O) groups excluding carboxylic acids is 1. The smallest absolute Gasteiger partial charge is 0.383 e.